The number of hydrogen-bond acceptors (Lipinski definition) is 9. The summed E-state index contributed by atoms with van der Waals surface area (Å²) in [5.74, 6) is -1.51. The number of halogens is 1. The summed E-state index contributed by atoms with van der Waals surface area (Å²) >= 11 is 0. The van der Waals surface area contributed by atoms with E-state index in [1.807, 2.05) is 38.1 Å². The molecular weight excluding hydrogens is 616 g/mol. The number of aromatic carboxylic acids is 1. The molecule has 0 bridgehead atoms. The van der Waals surface area contributed by atoms with E-state index in [1.54, 1.807) is 6.07 Å². The number of esters is 1. The van der Waals surface area contributed by atoms with Crippen LogP contribution in [0.4, 0.5) is 5.69 Å². The van der Waals surface area contributed by atoms with Crippen molar-refractivity contribution in [2.75, 3.05) is 18.5 Å². The molecule has 13 nitrogen and oxygen atoms in total. The van der Waals surface area contributed by atoms with Crippen LogP contribution in [0.3, 0.4) is 0 Å². The first-order valence-electron chi connectivity index (χ1n) is 14.2. The minimum atomic E-state index is -1.23. The second-order valence-corrected chi connectivity index (χ2v) is 10.6. The molecule has 14 heteroatoms. The number of carbonyl (C=O) groups is 4. The van der Waals surface area contributed by atoms with Gasteiger partial charge in [0.1, 0.15) is 18.1 Å². The fourth-order valence-electron chi connectivity index (χ4n) is 5.26. The lowest BCUT2D eigenvalue weighted by Crippen LogP contribution is -2.29. The number of anilines is 1. The summed E-state index contributed by atoms with van der Waals surface area (Å²) in [6.07, 6.45) is 4.32. The summed E-state index contributed by atoms with van der Waals surface area (Å²) in [7, 11) is 0. The molecule has 2 atom stereocenters. The SMILES string of the molecule is C=CCOC(=O)c1ccc2c(c1C)CC[C@@H]2NC(=O)c1cc(C(=O)O)nc2ccnn12.CC(N)c1ccc2c(c1)NC(=O)CO2.Cl. The zero-order valence-corrected chi connectivity index (χ0v) is 25.9. The van der Waals surface area contributed by atoms with E-state index in [0.717, 1.165) is 22.3 Å². The topological polar surface area (TPSA) is 187 Å². The first kappa shape index (κ1) is 33.6. The molecule has 3 heterocycles. The maximum absolute atomic E-state index is 13.0. The molecule has 1 unspecified atom stereocenters. The molecule has 5 N–H and O–H groups in total. The van der Waals surface area contributed by atoms with Gasteiger partial charge in [0, 0.05) is 18.2 Å². The van der Waals surface area contributed by atoms with Crippen LogP contribution < -0.4 is 21.1 Å². The van der Waals surface area contributed by atoms with Gasteiger partial charge in [0.2, 0.25) is 0 Å². The van der Waals surface area contributed by atoms with E-state index in [1.165, 1.54) is 28.9 Å². The van der Waals surface area contributed by atoms with E-state index in [9.17, 15) is 24.3 Å². The Balaban J connectivity index is 0.000000268. The molecule has 240 valence electrons. The zero-order chi connectivity index (χ0) is 32.2. The van der Waals surface area contributed by atoms with Crippen molar-refractivity contribution in [1.29, 1.82) is 0 Å². The van der Waals surface area contributed by atoms with Crippen LogP contribution in [0.5, 0.6) is 5.75 Å². The van der Waals surface area contributed by atoms with Crippen molar-refractivity contribution in [2.45, 2.75) is 38.8 Å². The fourth-order valence-corrected chi connectivity index (χ4v) is 5.26. The predicted molar refractivity (Wildman–Crippen MR) is 171 cm³/mol. The number of carboxylic acids is 1. The van der Waals surface area contributed by atoms with Gasteiger partial charge in [-0.3, -0.25) is 9.59 Å². The van der Waals surface area contributed by atoms with Crippen LogP contribution >= 0.6 is 12.4 Å². The van der Waals surface area contributed by atoms with E-state index in [-0.39, 0.29) is 60.6 Å². The Morgan fingerprint density at radius 3 is 2.76 bits per heavy atom. The summed E-state index contributed by atoms with van der Waals surface area (Å²) in [4.78, 5) is 51.6. The molecule has 1 aliphatic carbocycles. The molecule has 6 rings (SSSR count). The lowest BCUT2D eigenvalue weighted by molar-refractivity contribution is -0.118. The number of ether oxygens (including phenoxy) is 2. The molecule has 2 aromatic carbocycles. The molecule has 4 aromatic rings. The fraction of sp³-hybridized carbons (Fsp3) is 0.250. The van der Waals surface area contributed by atoms with Gasteiger partial charge in [-0.25, -0.2) is 19.1 Å². The van der Waals surface area contributed by atoms with Crippen LogP contribution in [0.2, 0.25) is 0 Å². The number of benzene rings is 2. The Hall–Kier alpha value is -5.27. The monoisotopic (exact) mass is 648 g/mol. The van der Waals surface area contributed by atoms with Crippen LogP contribution in [0.15, 0.2) is 61.3 Å². The largest absolute Gasteiger partial charge is 0.482 e. The normalized spacial score (nSPS) is 15.0. The Morgan fingerprint density at radius 2 is 2.04 bits per heavy atom. The molecule has 0 saturated heterocycles. The number of fused-ring (bicyclic) bond motifs is 3. The lowest BCUT2D eigenvalue weighted by atomic mass is 9.98. The van der Waals surface area contributed by atoms with Gasteiger partial charge < -0.3 is 30.9 Å². The number of nitrogens with zero attached hydrogens (tertiary/aromatic N) is 3. The van der Waals surface area contributed by atoms with E-state index in [2.05, 4.69) is 27.3 Å². The van der Waals surface area contributed by atoms with Gasteiger partial charge in [-0.05, 0) is 67.1 Å². The summed E-state index contributed by atoms with van der Waals surface area (Å²) in [5, 5.41) is 19.1. The summed E-state index contributed by atoms with van der Waals surface area (Å²) in [6.45, 7) is 7.53. The first-order chi connectivity index (χ1) is 21.6. The average molecular weight is 649 g/mol. The van der Waals surface area contributed by atoms with Crippen LogP contribution in [-0.2, 0) is 16.0 Å². The van der Waals surface area contributed by atoms with Gasteiger partial charge in [-0.1, -0.05) is 24.8 Å². The van der Waals surface area contributed by atoms with Crippen molar-refractivity contribution in [2.24, 2.45) is 5.73 Å². The first-order valence-corrected chi connectivity index (χ1v) is 14.2. The molecule has 1 aliphatic heterocycles. The third-order valence-corrected chi connectivity index (χ3v) is 7.52. The highest BCUT2D eigenvalue weighted by molar-refractivity contribution is 5.97. The van der Waals surface area contributed by atoms with Crippen molar-refractivity contribution >= 4 is 47.5 Å². The molecular formula is C32H33ClN6O7. The molecule has 0 fully saturated rings. The molecule has 46 heavy (non-hydrogen) atoms. The highest BCUT2D eigenvalue weighted by atomic mass is 35.5. The minimum absolute atomic E-state index is 0. The van der Waals surface area contributed by atoms with E-state index < -0.39 is 17.8 Å². The Morgan fingerprint density at radius 1 is 1.26 bits per heavy atom. The molecule has 0 saturated carbocycles. The number of carboxylic acid groups (broad SMARTS) is 1. The van der Waals surface area contributed by atoms with Gasteiger partial charge in [0.25, 0.3) is 11.8 Å². The van der Waals surface area contributed by atoms with Crippen molar-refractivity contribution in [1.82, 2.24) is 19.9 Å². The van der Waals surface area contributed by atoms with Gasteiger partial charge in [-0.2, -0.15) is 5.10 Å². The maximum atomic E-state index is 13.0. The molecule has 2 aromatic heterocycles. The number of nitrogens with two attached hydrogens (primary N) is 1. The molecule has 0 spiro atoms. The maximum Gasteiger partial charge on any atom is 0.354 e. The van der Waals surface area contributed by atoms with Gasteiger partial charge in [-0.15, -0.1) is 12.4 Å². The van der Waals surface area contributed by atoms with Gasteiger partial charge in [0.05, 0.1) is 23.5 Å². The van der Waals surface area contributed by atoms with E-state index >= 15 is 0 Å². The molecule has 2 aliphatic rings. The number of nitrogens with one attached hydrogen (secondary N) is 2. The minimum Gasteiger partial charge on any atom is -0.482 e. The third-order valence-electron chi connectivity index (χ3n) is 7.52. The van der Waals surface area contributed by atoms with Crippen molar-refractivity contribution < 1.29 is 33.8 Å². The molecule has 0 radical (unpaired) electrons. The van der Waals surface area contributed by atoms with Crippen LogP contribution in [-0.4, -0.2) is 56.7 Å². The number of carbonyl (C=O) groups excluding carboxylic acids is 3. The second-order valence-electron chi connectivity index (χ2n) is 10.6. The Kier molecular flexibility index (Phi) is 10.4. The predicted octanol–water partition coefficient (Wildman–Crippen LogP) is 3.96. The highest BCUT2D eigenvalue weighted by Crippen LogP contribution is 2.35. The summed E-state index contributed by atoms with van der Waals surface area (Å²) in [6, 6.07) is 11.5. The number of hydrogen-bond donors (Lipinski definition) is 4. The number of amides is 2. The van der Waals surface area contributed by atoms with Crippen molar-refractivity contribution in [3.63, 3.8) is 0 Å². The Bertz CT molecular complexity index is 1840. The van der Waals surface area contributed by atoms with Gasteiger partial charge >= 0.3 is 11.9 Å². The lowest BCUT2D eigenvalue weighted by Gasteiger charge is -2.19. The zero-order valence-electron chi connectivity index (χ0n) is 25.1. The standard InChI is InChI=1S/C22H20N4O5.C10H12N2O2.ClH/c1-3-10-31-22(30)14-4-5-15-13(12(14)2)6-7-16(15)25-20(27)18-11-17(21(28)29)24-19-8-9-23-26(18)19;1-6(11)7-2-3-9-8(4-7)12-10(13)5-14-9;/h3-5,8-9,11,16H,1,6-7,10H2,2H3,(H,25,27)(H,28,29);2-4,6H,5,11H2,1H3,(H,12,13);1H/t16-;;/m0../s1. The van der Waals surface area contributed by atoms with E-state index in [0.29, 0.717) is 29.8 Å². The summed E-state index contributed by atoms with van der Waals surface area (Å²) < 4.78 is 11.7. The number of rotatable bonds is 7. The summed E-state index contributed by atoms with van der Waals surface area (Å²) in [5.41, 5.74) is 10.8. The van der Waals surface area contributed by atoms with Gasteiger partial charge in [0.15, 0.2) is 17.9 Å². The molecule has 2 amide bonds. The average Bonchev–Trinajstić information content (AvgIpc) is 3.67. The number of aromatic nitrogens is 3. The van der Waals surface area contributed by atoms with Crippen molar-refractivity contribution in [3.8, 4) is 5.75 Å². The smallest absolute Gasteiger partial charge is 0.354 e. The van der Waals surface area contributed by atoms with Crippen LogP contribution in [0, 0.1) is 6.92 Å². The highest BCUT2D eigenvalue weighted by Gasteiger charge is 2.29. The van der Waals surface area contributed by atoms with Crippen molar-refractivity contribution in [3.05, 3.63) is 101 Å². The van der Waals surface area contributed by atoms with E-state index in [4.69, 9.17) is 15.2 Å². The quantitative estimate of drug-likeness (QED) is 0.169. The van der Waals surface area contributed by atoms with Crippen LogP contribution in [0.1, 0.15) is 79.0 Å². The Labute approximate surface area is 270 Å². The van der Waals surface area contributed by atoms with Crippen LogP contribution in [0.25, 0.3) is 5.65 Å². The second kappa shape index (κ2) is 14.2. The third kappa shape index (κ3) is 7.00.